The molecule has 0 unspecified atom stereocenters. The van der Waals surface area contributed by atoms with Gasteiger partial charge in [-0.3, -0.25) is 4.98 Å². The number of carbonyl (C=O) groups excluding carboxylic acids is 1. The molecule has 1 fully saturated rings. The molecule has 1 heterocycles. The monoisotopic (exact) mass is 247 g/mol. The first kappa shape index (κ1) is 12.9. The lowest BCUT2D eigenvalue weighted by Crippen LogP contribution is -2.49. The largest absolute Gasteiger partial charge is 0.333 e. The summed E-state index contributed by atoms with van der Waals surface area (Å²) in [6, 6.07) is 3.44. The van der Waals surface area contributed by atoms with Crippen molar-refractivity contribution in [3.8, 4) is 0 Å². The predicted molar refractivity (Wildman–Crippen MR) is 72.4 cm³/mol. The number of carbonyl (C=O) groups is 1. The van der Waals surface area contributed by atoms with Gasteiger partial charge in [0.05, 0.1) is 0 Å². The third-order valence-electron chi connectivity index (χ3n) is 3.73. The quantitative estimate of drug-likeness (QED) is 0.843. The Morgan fingerprint density at radius 1 is 1.33 bits per heavy atom. The average molecular weight is 247 g/mol. The zero-order valence-electron chi connectivity index (χ0n) is 11.1. The number of hydrogen-bond donors (Lipinski definition) is 2. The van der Waals surface area contributed by atoms with Crippen molar-refractivity contribution in [1.82, 2.24) is 10.3 Å². The Labute approximate surface area is 108 Å². The summed E-state index contributed by atoms with van der Waals surface area (Å²) < 4.78 is 0. The first-order valence-electron chi connectivity index (χ1n) is 6.57. The second-order valence-corrected chi connectivity index (χ2v) is 5.56. The molecule has 1 aliphatic rings. The molecule has 0 saturated heterocycles. The van der Waals surface area contributed by atoms with Crippen LogP contribution in [0.3, 0.4) is 0 Å². The smallest absolute Gasteiger partial charge is 0.319 e. The summed E-state index contributed by atoms with van der Waals surface area (Å²) in [4.78, 5) is 15.8. The van der Waals surface area contributed by atoms with Crippen LogP contribution in [-0.2, 0) is 0 Å². The molecular formula is C14H21N3O. The van der Waals surface area contributed by atoms with E-state index in [1.165, 1.54) is 12.8 Å². The van der Waals surface area contributed by atoms with Crippen LogP contribution < -0.4 is 10.6 Å². The Morgan fingerprint density at radius 2 is 1.94 bits per heavy atom. The molecule has 0 aromatic carbocycles. The lowest BCUT2D eigenvalue weighted by molar-refractivity contribution is 0.204. The molecule has 0 aliphatic heterocycles. The summed E-state index contributed by atoms with van der Waals surface area (Å²) in [6.45, 7) is 4.40. The van der Waals surface area contributed by atoms with Crippen molar-refractivity contribution in [2.45, 2.75) is 45.1 Å². The maximum Gasteiger partial charge on any atom is 0.319 e. The SMILES string of the molecule is CC1CCC(C)(NC(=O)Nc2ccncc2)CC1. The number of anilines is 1. The lowest BCUT2D eigenvalue weighted by atomic mass is 9.78. The van der Waals surface area contributed by atoms with E-state index in [0.717, 1.165) is 24.4 Å². The summed E-state index contributed by atoms with van der Waals surface area (Å²) in [5, 5.41) is 5.93. The van der Waals surface area contributed by atoms with Crippen molar-refractivity contribution in [3.05, 3.63) is 24.5 Å². The van der Waals surface area contributed by atoms with Crippen molar-refractivity contribution in [2.75, 3.05) is 5.32 Å². The van der Waals surface area contributed by atoms with E-state index in [4.69, 9.17) is 0 Å². The van der Waals surface area contributed by atoms with Gasteiger partial charge in [0.25, 0.3) is 0 Å². The summed E-state index contributed by atoms with van der Waals surface area (Å²) >= 11 is 0. The van der Waals surface area contributed by atoms with Crippen LogP contribution in [0.4, 0.5) is 10.5 Å². The highest BCUT2D eigenvalue weighted by molar-refractivity contribution is 5.89. The fourth-order valence-corrected chi connectivity index (χ4v) is 2.40. The number of hydrogen-bond acceptors (Lipinski definition) is 2. The van der Waals surface area contributed by atoms with Crippen LogP contribution in [0, 0.1) is 5.92 Å². The van der Waals surface area contributed by atoms with Gasteiger partial charge >= 0.3 is 6.03 Å². The molecule has 2 N–H and O–H groups in total. The molecule has 1 aromatic rings. The molecule has 1 aliphatic carbocycles. The van der Waals surface area contributed by atoms with Gasteiger partial charge in [-0.15, -0.1) is 0 Å². The molecule has 1 aromatic heterocycles. The maximum absolute atomic E-state index is 11.9. The molecule has 18 heavy (non-hydrogen) atoms. The Bertz CT molecular complexity index is 397. The normalized spacial score (nSPS) is 27.6. The van der Waals surface area contributed by atoms with Gasteiger partial charge in [-0.2, -0.15) is 0 Å². The number of rotatable bonds is 2. The van der Waals surface area contributed by atoms with E-state index in [0.29, 0.717) is 0 Å². The van der Waals surface area contributed by atoms with Crippen LogP contribution in [-0.4, -0.2) is 16.6 Å². The average Bonchev–Trinajstić information content (AvgIpc) is 2.34. The minimum absolute atomic E-state index is 0.0658. The third kappa shape index (κ3) is 3.45. The molecule has 0 bridgehead atoms. The van der Waals surface area contributed by atoms with E-state index in [1.807, 2.05) is 0 Å². The summed E-state index contributed by atoms with van der Waals surface area (Å²) in [5.74, 6) is 0.781. The topological polar surface area (TPSA) is 54.0 Å². The molecule has 0 radical (unpaired) electrons. The highest BCUT2D eigenvalue weighted by atomic mass is 16.2. The van der Waals surface area contributed by atoms with Gasteiger partial charge in [0, 0.05) is 23.6 Å². The van der Waals surface area contributed by atoms with Crippen LogP contribution in [0.5, 0.6) is 0 Å². The van der Waals surface area contributed by atoms with E-state index in [-0.39, 0.29) is 11.6 Å². The molecule has 98 valence electrons. The van der Waals surface area contributed by atoms with E-state index in [2.05, 4.69) is 29.5 Å². The van der Waals surface area contributed by atoms with Gasteiger partial charge in [-0.25, -0.2) is 4.79 Å². The predicted octanol–water partition coefficient (Wildman–Crippen LogP) is 3.17. The van der Waals surface area contributed by atoms with E-state index >= 15 is 0 Å². The van der Waals surface area contributed by atoms with Crippen LogP contribution in [0.25, 0.3) is 0 Å². The van der Waals surface area contributed by atoms with E-state index < -0.39 is 0 Å². The van der Waals surface area contributed by atoms with Crippen molar-refractivity contribution >= 4 is 11.7 Å². The van der Waals surface area contributed by atoms with Crippen molar-refractivity contribution in [3.63, 3.8) is 0 Å². The number of nitrogens with one attached hydrogen (secondary N) is 2. The number of amides is 2. The van der Waals surface area contributed by atoms with Gasteiger partial charge in [-0.05, 0) is 50.7 Å². The zero-order valence-corrected chi connectivity index (χ0v) is 11.1. The van der Waals surface area contributed by atoms with Crippen molar-refractivity contribution in [2.24, 2.45) is 5.92 Å². The van der Waals surface area contributed by atoms with Gasteiger partial charge in [0.1, 0.15) is 0 Å². The molecule has 0 atom stereocenters. The van der Waals surface area contributed by atoms with Crippen LogP contribution >= 0.6 is 0 Å². The third-order valence-corrected chi connectivity index (χ3v) is 3.73. The van der Waals surface area contributed by atoms with Gasteiger partial charge in [-0.1, -0.05) is 6.92 Å². The molecule has 4 nitrogen and oxygen atoms in total. The minimum Gasteiger partial charge on any atom is -0.333 e. The first-order valence-corrected chi connectivity index (χ1v) is 6.57. The molecule has 2 amide bonds. The minimum atomic E-state index is -0.127. The van der Waals surface area contributed by atoms with E-state index in [1.54, 1.807) is 24.5 Å². The highest BCUT2D eigenvalue weighted by Crippen LogP contribution is 2.31. The number of nitrogens with zero attached hydrogens (tertiary/aromatic N) is 1. The molecular weight excluding hydrogens is 226 g/mol. The maximum atomic E-state index is 11.9. The molecule has 4 heteroatoms. The van der Waals surface area contributed by atoms with Crippen LogP contribution in [0.1, 0.15) is 39.5 Å². The zero-order chi connectivity index (χ0) is 13.0. The van der Waals surface area contributed by atoms with Gasteiger partial charge < -0.3 is 10.6 Å². The highest BCUT2D eigenvalue weighted by Gasteiger charge is 2.30. The second kappa shape index (κ2) is 5.38. The van der Waals surface area contributed by atoms with Gasteiger partial charge in [0.2, 0.25) is 0 Å². The van der Waals surface area contributed by atoms with Gasteiger partial charge in [0.15, 0.2) is 0 Å². The first-order chi connectivity index (χ1) is 8.57. The van der Waals surface area contributed by atoms with Crippen LogP contribution in [0.2, 0.25) is 0 Å². The molecule has 0 spiro atoms. The molecule has 1 saturated carbocycles. The fourth-order valence-electron chi connectivity index (χ4n) is 2.40. The van der Waals surface area contributed by atoms with Crippen molar-refractivity contribution in [1.29, 1.82) is 0 Å². The molecule has 2 rings (SSSR count). The van der Waals surface area contributed by atoms with Crippen molar-refractivity contribution < 1.29 is 4.79 Å². The fraction of sp³-hybridized carbons (Fsp3) is 0.571. The number of aromatic nitrogens is 1. The standard InChI is InChI=1S/C14H21N3O/c1-11-3-7-14(2,8-4-11)17-13(18)16-12-5-9-15-10-6-12/h5-6,9-11H,3-4,7-8H2,1-2H3,(H2,15,16,17,18). The summed E-state index contributed by atoms with van der Waals surface area (Å²) in [7, 11) is 0. The lowest BCUT2D eigenvalue weighted by Gasteiger charge is -2.37. The Hall–Kier alpha value is -1.58. The Balaban J connectivity index is 1.87. The Morgan fingerprint density at radius 3 is 2.56 bits per heavy atom. The summed E-state index contributed by atoms with van der Waals surface area (Å²) in [5.41, 5.74) is 0.708. The summed E-state index contributed by atoms with van der Waals surface area (Å²) in [6.07, 6.45) is 7.81. The number of pyridine rings is 1. The second-order valence-electron chi connectivity index (χ2n) is 5.56. The van der Waals surface area contributed by atoms with E-state index in [9.17, 15) is 4.79 Å². The number of urea groups is 1. The van der Waals surface area contributed by atoms with Crippen LogP contribution in [0.15, 0.2) is 24.5 Å². The Kier molecular flexibility index (Phi) is 3.84.